The fourth-order valence-corrected chi connectivity index (χ4v) is 3.79. The second-order valence-electron chi connectivity index (χ2n) is 8.07. The Morgan fingerprint density at radius 2 is 1.85 bits per heavy atom. The van der Waals surface area contributed by atoms with Crippen molar-refractivity contribution in [3.8, 4) is 17.1 Å². The maximum absolute atomic E-state index is 12.2. The van der Waals surface area contributed by atoms with Gasteiger partial charge in [0.15, 0.2) is 0 Å². The van der Waals surface area contributed by atoms with Crippen LogP contribution < -0.4 is 15.4 Å². The monoisotopic (exact) mass is 457 g/mol. The maximum Gasteiger partial charge on any atom is 0.270 e. The molecule has 3 heterocycles. The number of fused-ring (bicyclic) bond motifs is 1. The average Bonchev–Trinajstić information content (AvgIpc) is 2.90. The minimum atomic E-state index is -0.224. The highest BCUT2D eigenvalue weighted by atomic mass is 16.5. The van der Waals surface area contributed by atoms with E-state index >= 15 is 0 Å². The lowest BCUT2D eigenvalue weighted by molar-refractivity contribution is 0.0960. The second kappa shape index (κ2) is 10.2. The molecule has 34 heavy (non-hydrogen) atoms. The van der Waals surface area contributed by atoms with Gasteiger partial charge in [0, 0.05) is 42.9 Å². The van der Waals surface area contributed by atoms with Crippen LogP contribution in [0.25, 0.3) is 22.2 Å². The summed E-state index contributed by atoms with van der Waals surface area (Å²) in [4.78, 5) is 33.9. The number of methoxy groups -OCH3 is 1. The number of hydrogen-bond donors (Lipinski definition) is 2. The zero-order valence-electron chi connectivity index (χ0n) is 19.6. The number of rotatable bonds is 8. The molecule has 9 heteroatoms. The van der Waals surface area contributed by atoms with Crippen molar-refractivity contribution in [2.75, 3.05) is 26.0 Å². The van der Waals surface area contributed by atoms with Crippen LogP contribution in [-0.2, 0) is 0 Å². The molecule has 9 nitrogen and oxygen atoms in total. The van der Waals surface area contributed by atoms with Gasteiger partial charge in [-0.05, 0) is 23.5 Å². The Balaban J connectivity index is 1.50. The van der Waals surface area contributed by atoms with Crippen molar-refractivity contribution in [2.24, 2.45) is 5.92 Å². The van der Waals surface area contributed by atoms with Crippen molar-refractivity contribution >= 4 is 22.6 Å². The molecule has 2 N–H and O–H groups in total. The topological polar surface area (TPSA) is 115 Å². The lowest BCUT2D eigenvalue weighted by Gasteiger charge is -2.22. The third-order valence-electron chi connectivity index (χ3n) is 6.00. The van der Waals surface area contributed by atoms with E-state index in [1.807, 2.05) is 24.3 Å². The molecule has 0 bridgehead atoms. The molecular weight excluding hydrogens is 430 g/mol. The van der Waals surface area contributed by atoms with Crippen LogP contribution in [0.1, 0.15) is 35.8 Å². The van der Waals surface area contributed by atoms with Gasteiger partial charge in [0.05, 0.1) is 18.3 Å². The second-order valence-corrected chi connectivity index (χ2v) is 8.07. The molecule has 1 unspecified atom stereocenters. The molecule has 0 radical (unpaired) electrons. The summed E-state index contributed by atoms with van der Waals surface area (Å²) in [5.41, 5.74) is 3.92. The molecule has 0 saturated heterocycles. The molecule has 0 fully saturated rings. The van der Waals surface area contributed by atoms with Crippen LogP contribution in [0.5, 0.6) is 5.88 Å². The van der Waals surface area contributed by atoms with Crippen molar-refractivity contribution in [1.82, 2.24) is 30.2 Å². The summed E-state index contributed by atoms with van der Waals surface area (Å²) < 4.78 is 5.12. The van der Waals surface area contributed by atoms with Crippen molar-refractivity contribution in [2.45, 2.75) is 19.8 Å². The normalized spacial score (nSPS) is 12.7. The summed E-state index contributed by atoms with van der Waals surface area (Å²) in [5, 5.41) is 6.82. The predicted octanol–water partition coefficient (Wildman–Crippen LogP) is 3.70. The largest absolute Gasteiger partial charge is 0.481 e. The number of carbonyl (C=O) groups is 1. The van der Waals surface area contributed by atoms with Gasteiger partial charge in [0.1, 0.15) is 24.2 Å². The summed E-state index contributed by atoms with van der Waals surface area (Å²) in [6.07, 6.45) is 4.71. The summed E-state index contributed by atoms with van der Waals surface area (Å²) in [7, 11) is 3.18. The molecule has 0 aliphatic heterocycles. The molecule has 3 aromatic heterocycles. The van der Waals surface area contributed by atoms with E-state index in [9.17, 15) is 4.79 Å². The Kier molecular flexibility index (Phi) is 6.91. The predicted molar refractivity (Wildman–Crippen MR) is 131 cm³/mol. The number of ether oxygens (including phenoxy) is 1. The Labute approximate surface area is 198 Å². The number of para-hydroxylation sites is 1. The number of nitrogens with one attached hydrogen (secondary N) is 2. The van der Waals surface area contributed by atoms with Crippen LogP contribution in [0.2, 0.25) is 0 Å². The molecule has 174 valence electrons. The number of nitrogens with zero attached hydrogens (tertiary/aromatic N) is 5. The van der Waals surface area contributed by atoms with Crippen LogP contribution in [0.15, 0.2) is 55.2 Å². The van der Waals surface area contributed by atoms with Crippen LogP contribution in [0, 0.1) is 5.92 Å². The number of benzene rings is 1. The van der Waals surface area contributed by atoms with Gasteiger partial charge in [-0.25, -0.2) is 24.9 Å². The number of carbonyl (C=O) groups excluding carboxylic acids is 1. The smallest absolute Gasteiger partial charge is 0.270 e. The molecule has 1 aromatic carbocycles. The van der Waals surface area contributed by atoms with Gasteiger partial charge < -0.3 is 15.4 Å². The molecule has 4 rings (SSSR count). The van der Waals surface area contributed by atoms with Crippen LogP contribution in [-0.4, -0.2) is 51.5 Å². The first-order valence-corrected chi connectivity index (χ1v) is 11.0. The standard InChI is InChI=1S/C25H27N7O2/c1-15(11-27-21-10-20(29-13-30-21)17-8-9-22(34-4)28-12-17)16(2)18-6-5-7-19-23(18)31-14-32-24(19)25(33)26-3/h5-10,12-16H,11H2,1-4H3,(H,26,33)(H,27,29,30)/t15-,16?/m1/s1. The first-order valence-electron chi connectivity index (χ1n) is 11.0. The van der Waals surface area contributed by atoms with Crippen molar-refractivity contribution < 1.29 is 9.53 Å². The van der Waals surface area contributed by atoms with Gasteiger partial charge in [0.2, 0.25) is 5.88 Å². The van der Waals surface area contributed by atoms with E-state index in [1.54, 1.807) is 26.4 Å². The third kappa shape index (κ3) is 4.78. The molecule has 1 amide bonds. The Morgan fingerprint density at radius 1 is 1.03 bits per heavy atom. The lowest BCUT2D eigenvalue weighted by Crippen LogP contribution is -2.20. The van der Waals surface area contributed by atoms with E-state index in [1.165, 1.54) is 12.7 Å². The Hall–Kier alpha value is -4.14. The van der Waals surface area contributed by atoms with E-state index in [4.69, 9.17) is 4.74 Å². The van der Waals surface area contributed by atoms with Gasteiger partial charge in [-0.1, -0.05) is 32.0 Å². The summed E-state index contributed by atoms with van der Waals surface area (Å²) in [6, 6.07) is 11.5. The lowest BCUT2D eigenvalue weighted by atomic mass is 9.87. The first kappa shape index (κ1) is 23.0. The Bertz CT molecular complexity index is 1290. The molecule has 4 aromatic rings. The van der Waals surface area contributed by atoms with Gasteiger partial charge in [0.25, 0.3) is 5.91 Å². The van der Waals surface area contributed by atoms with E-state index in [0.29, 0.717) is 18.1 Å². The molecule has 0 aliphatic carbocycles. The summed E-state index contributed by atoms with van der Waals surface area (Å²) >= 11 is 0. The molecule has 0 saturated carbocycles. The van der Waals surface area contributed by atoms with E-state index in [0.717, 1.165) is 33.5 Å². The SMILES string of the molecule is CNC(=O)c1ncnc2c(C(C)[C@H](C)CNc3cc(-c4ccc(OC)nc4)ncn3)cccc12. The van der Waals surface area contributed by atoms with Gasteiger partial charge in [-0.2, -0.15) is 0 Å². The molecule has 0 spiro atoms. The number of hydrogen-bond acceptors (Lipinski definition) is 8. The van der Waals surface area contributed by atoms with Gasteiger partial charge >= 0.3 is 0 Å². The number of anilines is 1. The maximum atomic E-state index is 12.2. The first-order chi connectivity index (χ1) is 16.5. The third-order valence-corrected chi connectivity index (χ3v) is 6.00. The zero-order valence-corrected chi connectivity index (χ0v) is 19.6. The summed E-state index contributed by atoms with van der Waals surface area (Å²) in [5.74, 6) is 1.50. The van der Waals surface area contributed by atoms with Crippen LogP contribution in [0.4, 0.5) is 5.82 Å². The highest BCUT2D eigenvalue weighted by Gasteiger charge is 2.20. The highest BCUT2D eigenvalue weighted by molar-refractivity contribution is 6.04. The fourth-order valence-electron chi connectivity index (χ4n) is 3.79. The molecule has 2 atom stereocenters. The van der Waals surface area contributed by atoms with Crippen LogP contribution >= 0.6 is 0 Å². The van der Waals surface area contributed by atoms with Crippen molar-refractivity contribution in [3.63, 3.8) is 0 Å². The quantitative estimate of drug-likeness (QED) is 0.412. The van der Waals surface area contributed by atoms with E-state index in [2.05, 4.69) is 55.5 Å². The fraction of sp³-hybridized carbons (Fsp3) is 0.280. The minimum absolute atomic E-state index is 0.177. The average molecular weight is 458 g/mol. The van der Waals surface area contributed by atoms with Crippen LogP contribution in [0.3, 0.4) is 0 Å². The number of amides is 1. The van der Waals surface area contributed by atoms with Crippen molar-refractivity contribution in [3.05, 3.63) is 66.5 Å². The van der Waals surface area contributed by atoms with Gasteiger partial charge in [-0.3, -0.25) is 4.79 Å². The van der Waals surface area contributed by atoms with Crippen molar-refractivity contribution in [1.29, 1.82) is 0 Å². The minimum Gasteiger partial charge on any atom is -0.481 e. The molecule has 0 aliphatic rings. The summed E-state index contributed by atoms with van der Waals surface area (Å²) in [6.45, 7) is 5.03. The zero-order chi connectivity index (χ0) is 24.1. The Morgan fingerprint density at radius 3 is 2.59 bits per heavy atom. The number of pyridine rings is 1. The van der Waals surface area contributed by atoms with E-state index in [-0.39, 0.29) is 17.7 Å². The van der Waals surface area contributed by atoms with E-state index < -0.39 is 0 Å². The van der Waals surface area contributed by atoms with Gasteiger partial charge in [-0.15, -0.1) is 0 Å². The highest BCUT2D eigenvalue weighted by Crippen LogP contribution is 2.30. The number of aromatic nitrogens is 5. The molecular formula is C25H27N7O2.